The van der Waals surface area contributed by atoms with E-state index in [1.165, 1.54) is 17.3 Å². The lowest BCUT2D eigenvalue weighted by Crippen LogP contribution is -2.35. The Bertz CT molecular complexity index is 946. The molecular formula is C22H22N2O4S. The molecule has 0 saturated heterocycles. The summed E-state index contributed by atoms with van der Waals surface area (Å²) in [5.74, 6) is -1.11. The number of nitrogens with one attached hydrogen (secondary N) is 2. The van der Waals surface area contributed by atoms with E-state index in [-0.39, 0.29) is 30.9 Å². The van der Waals surface area contributed by atoms with Crippen LogP contribution >= 0.6 is 11.8 Å². The van der Waals surface area contributed by atoms with Crippen molar-refractivity contribution in [3.63, 3.8) is 0 Å². The van der Waals surface area contributed by atoms with E-state index in [0.717, 1.165) is 35.4 Å². The first-order valence-electron chi connectivity index (χ1n) is 9.69. The van der Waals surface area contributed by atoms with Crippen molar-refractivity contribution in [1.82, 2.24) is 5.32 Å². The minimum Gasteiger partial charge on any atom is -0.456 e. The molecule has 1 aliphatic heterocycles. The van der Waals surface area contributed by atoms with E-state index in [1.54, 1.807) is 0 Å². The van der Waals surface area contributed by atoms with Crippen LogP contribution in [-0.2, 0) is 25.5 Å². The molecule has 0 saturated carbocycles. The lowest BCUT2D eigenvalue weighted by atomic mass is 9.88. The maximum absolute atomic E-state index is 12.3. The predicted octanol–water partition coefficient (Wildman–Crippen LogP) is 3.23. The molecule has 0 spiro atoms. The monoisotopic (exact) mass is 410 g/mol. The van der Waals surface area contributed by atoms with Gasteiger partial charge in [-0.2, -0.15) is 0 Å². The van der Waals surface area contributed by atoms with Gasteiger partial charge in [-0.3, -0.25) is 14.4 Å². The molecule has 0 bridgehead atoms. The number of aryl methyl sites for hydroxylation is 1. The van der Waals surface area contributed by atoms with E-state index in [9.17, 15) is 14.4 Å². The van der Waals surface area contributed by atoms with E-state index < -0.39 is 11.2 Å². The maximum atomic E-state index is 12.3. The van der Waals surface area contributed by atoms with Gasteiger partial charge in [-0.1, -0.05) is 36.4 Å². The van der Waals surface area contributed by atoms with E-state index in [4.69, 9.17) is 4.74 Å². The van der Waals surface area contributed by atoms with Crippen LogP contribution in [0, 0.1) is 0 Å². The predicted molar refractivity (Wildman–Crippen MR) is 111 cm³/mol. The lowest BCUT2D eigenvalue weighted by Gasteiger charge is -2.26. The minimum absolute atomic E-state index is 0.0534. The van der Waals surface area contributed by atoms with E-state index >= 15 is 0 Å². The zero-order chi connectivity index (χ0) is 20.2. The van der Waals surface area contributed by atoms with Crippen LogP contribution in [0.1, 0.15) is 36.4 Å². The van der Waals surface area contributed by atoms with Crippen molar-refractivity contribution in [1.29, 1.82) is 0 Å². The summed E-state index contributed by atoms with van der Waals surface area (Å²) in [4.78, 5) is 37.5. The first kappa shape index (κ1) is 19.5. The van der Waals surface area contributed by atoms with Crippen LogP contribution in [0.3, 0.4) is 0 Å². The summed E-state index contributed by atoms with van der Waals surface area (Å²) in [6, 6.07) is 15.5. The molecule has 2 N–H and O–H groups in total. The number of para-hydroxylation sites is 1. The number of anilines is 1. The number of amides is 2. The number of ether oxygens (including phenoxy) is 1. The molecule has 0 radical (unpaired) electrons. The highest BCUT2D eigenvalue weighted by Gasteiger charge is 2.29. The maximum Gasteiger partial charge on any atom is 0.307 e. The van der Waals surface area contributed by atoms with Gasteiger partial charge in [0.15, 0.2) is 6.61 Å². The zero-order valence-corrected chi connectivity index (χ0v) is 16.7. The SMILES string of the molecule is O=C(COC(=O)C[C@@H]1Sc2ccccc2NC1=O)N[C@@H]1CCCc2ccccc21. The van der Waals surface area contributed by atoms with E-state index in [1.807, 2.05) is 42.5 Å². The Morgan fingerprint density at radius 1 is 1.14 bits per heavy atom. The third-order valence-electron chi connectivity index (χ3n) is 5.13. The van der Waals surface area contributed by atoms with Crippen LogP contribution in [0.15, 0.2) is 53.4 Å². The molecule has 2 amide bonds. The normalized spacial score (nSPS) is 20.1. The molecule has 150 valence electrons. The molecule has 0 fully saturated rings. The smallest absolute Gasteiger partial charge is 0.307 e. The number of hydrogen-bond acceptors (Lipinski definition) is 5. The van der Waals surface area contributed by atoms with E-state index in [0.29, 0.717) is 0 Å². The van der Waals surface area contributed by atoms with Crippen LogP contribution < -0.4 is 10.6 Å². The van der Waals surface area contributed by atoms with Crippen LogP contribution in [0.25, 0.3) is 0 Å². The Morgan fingerprint density at radius 3 is 2.83 bits per heavy atom. The van der Waals surface area contributed by atoms with Gasteiger partial charge in [-0.15, -0.1) is 11.8 Å². The second-order valence-electron chi connectivity index (χ2n) is 7.17. The summed E-state index contributed by atoms with van der Waals surface area (Å²) in [6.07, 6.45) is 2.82. The fraction of sp³-hybridized carbons (Fsp3) is 0.318. The van der Waals surface area contributed by atoms with Crippen LogP contribution in [-0.4, -0.2) is 29.6 Å². The molecular weight excluding hydrogens is 388 g/mol. The van der Waals surface area contributed by atoms with Gasteiger partial charge in [0, 0.05) is 4.90 Å². The molecule has 1 heterocycles. The molecule has 6 nitrogen and oxygen atoms in total. The minimum atomic E-state index is -0.564. The number of rotatable bonds is 5. The van der Waals surface area contributed by atoms with Gasteiger partial charge < -0.3 is 15.4 Å². The van der Waals surface area contributed by atoms with Crippen molar-refractivity contribution in [2.24, 2.45) is 0 Å². The summed E-state index contributed by atoms with van der Waals surface area (Å²) in [6.45, 7) is -0.340. The number of carbonyl (C=O) groups is 3. The number of carbonyl (C=O) groups excluding carboxylic acids is 3. The number of hydrogen-bond donors (Lipinski definition) is 2. The van der Waals surface area contributed by atoms with Gasteiger partial charge in [-0.05, 0) is 42.5 Å². The van der Waals surface area contributed by atoms with Gasteiger partial charge in [0.05, 0.1) is 23.4 Å². The highest BCUT2D eigenvalue weighted by Crippen LogP contribution is 2.36. The quantitative estimate of drug-likeness (QED) is 0.740. The number of thioether (sulfide) groups is 1. The Hall–Kier alpha value is -2.80. The zero-order valence-electron chi connectivity index (χ0n) is 15.9. The lowest BCUT2D eigenvalue weighted by molar-refractivity contribution is -0.149. The van der Waals surface area contributed by atoms with Gasteiger partial charge in [0.2, 0.25) is 5.91 Å². The molecule has 29 heavy (non-hydrogen) atoms. The Morgan fingerprint density at radius 2 is 1.93 bits per heavy atom. The molecule has 2 atom stereocenters. The number of benzene rings is 2. The first-order valence-corrected chi connectivity index (χ1v) is 10.6. The molecule has 2 aromatic rings. The average molecular weight is 410 g/mol. The second kappa shape index (κ2) is 8.69. The molecule has 0 aromatic heterocycles. The van der Waals surface area contributed by atoms with Crippen molar-refractivity contribution in [3.8, 4) is 0 Å². The highest BCUT2D eigenvalue weighted by molar-refractivity contribution is 8.01. The summed E-state index contributed by atoms with van der Waals surface area (Å²) in [7, 11) is 0. The molecule has 7 heteroatoms. The van der Waals surface area contributed by atoms with Gasteiger partial charge in [0.1, 0.15) is 0 Å². The summed E-state index contributed by atoms with van der Waals surface area (Å²) >= 11 is 1.34. The summed E-state index contributed by atoms with van der Waals surface area (Å²) in [5, 5.41) is 5.19. The molecule has 2 aliphatic rings. The molecule has 0 unspecified atom stereocenters. The first-order chi connectivity index (χ1) is 14.1. The summed E-state index contributed by atoms with van der Waals surface area (Å²) < 4.78 is 5.13. The third-order valence-corrected chi connectivity index (χ3v) is 6.40. The van der Waals surface area contributed by atoms with Crippen molar-refractivity contribution < 1.29 is 19.1 Å². The van der Waals surface area contributed by atoms with Crippen LogP contribution in [0.4, 0.5) is 5.69 Å². The van der Waals surface area contributed by atoms with E-state index in [2.05, 4.69) is 16.7 Å². The molecule has 4 rings (SSSR count). The number of fused-ring (bicyclic) bond motifs is 2. The van der Waals surface area contributed by atoms with Gasteiger partial charge in [0.25, 0.3) is 5.91 Å². The standard InChI is InChI=1S/C22H22N2O4S/c25-20(23-16-10-5-7-14-6-1-2-8-15(14)16)13-28-21(26)12-19-22(27)24-17-9-3-4-11-18(17)29-19/h1-4,6,8-9,11,16,19H,5,7,10,12-13H2,(H,23,25)(H,24,27)/t16-,19+/m1/s1. The van der Waals surface area contributed by atoms with Crippen LogP contribution in [0.2, 0.25) is 0 Å². The fourth-order valence-electron chi connectivity index (χ4n) is 3.72. The third kappa shape index (κ3) is 4.62. The van der Waals surface area contributed by atoms with Crippen molar-refractivity contribution in [3.05, 3.63) is 59.7 Å². The van der Waals surface area contributed by atoms with Gasteiger partial charge in [-0.25, -0.2) is 0 Å². The fourth-order valence-corrected chi connectivity index (χ4v) is 4.82. The Kier molecular flexibility index (Phi) is 5.85. The molecule has 1 aliphatic carbocycles. The van der Waals surface area contributed by atoms with Crippen molar-refractivity contribution in [2.75, 3.05) is 11.9 Å². The molecule has 2 aromatic carbocycles. The van der Waals surface area contributed by atoms with Crippen LogP contribution in [0.5, 0.6) is 0 Å². The second-order valence-corrected chi connectivity index (χ2v) is 8.41. The average Bonchev–Trinajstić information content (AvgIpc) is 2.73. The Balaban J connectivity index is 1.27. The van der Waals surface area contributed by atoms with Gasteiger partial charge >= 0.3 is 5.97 Å². The number of esters is 1. The van der Waals surface area contributed by atoms with Crippen molar-refractivity contribution >= 4 is 35.2 Å². The topological polar surface area (TPSA) is 84.5 Å². The summed E-state index contributed by atoms with van der Waals surface area (Å²) in [5.41, 5.74) is 3.13. The Labute approximate surface area is 173 Å². The highest BCUT2D eigenvalue weighted by atomic mass is 32.2. The van der Waals surface area contributed by atoms with Crippen molar-refractivity contribution in [2.45, 2.75) is 41.9 Å². The largest absolute Gasteiger partial charge is 0.456 e.